The molecule has 4 rings (SSSR count). The molecule has 126 valence electrons. The van der Waals surface area contributed by atoms with Gasteiger partial charge in [0, 0.05) is 31.9 Å². The predicted octanol–water partition coefficient (Wildman–Crippen LogP) is 1.83. The molecule has 4 heterocycles. The van der Waals surface area contributed by atoms with Crippen molar-refractivity contribution in [3.05, 3.63) is 40.3 Å². The van der Waals surface area contributed by atoms with Gasteiger partial charge in [-0.1, -0.05) is 11.6 Å². The van der Waals surface area contributed by atoms with E-state index in [4.69, 9.17) is 11.6 Å². The highest BCUT2D eigenvalue weighted by atomic mass is 35.5. The van der Waals surface area contributed by atoms with E-state index < -0.39 is 0 Å². The third-order valence-corrected chi connectivity index (χ3v) is 5.24. The van der Waals surface area contributed by atoms with Crippen LogP contribution in [0.5, 0.6) is 0 Å². The zero-order valence-corrected chi connectivity index (χ0v) is 14.5. The molecule has 24 heavy (non-hydrogen) atoms. The van der Waals surface area contributed by atoms with Gasteiger partial charge in [-0.05, 0) is 43.9 Å². The van der Waals surface area contributed by atoms with Crippen LogP contribution in [0.3, 0.4) is 0 Å². The molecule has 0 radical (unpaired) electrons. The zero-order chi connectivity index (χ0) is 16.8. The Morgan fingerprint density at radius 2 is 1.96 bits per heavy atom. The summed E-state index contributed by atoms with van der Waals surface area (Å²) in [6.07, 6.45) is 0. The van der Waals surface area contributed by atoms with Crippen LogP contribution in [0, 0.1) is 25.7 Å². The number of pyridine rings is 1. The summed E-state index contributed by atoms with van der Waals surface area (Å²) in [6, 6.07) is 5.50. The lowest BCUT2D eigenvalue weighted by molar-refractivity contribution is 0.0776. The molecule has 0 aromatic carbocycles. The van der Waals surface area contributed by atoms with Crippen molar-refractivity contribution in [3.63, 3.8) is 0 Å². The van der Waals surface area contributed by atoms with Gasteiger partial charge in [-0.25, -0.2) is 9.67 Å². The maximum atomic E-state index is 12.9. The van der Waals surface area contributed by atoms with Crippen molar-refractivity contribution in [3.8, 4) is 5.82 Å². The number of rotatable bonds is 2. The Morgan fingerprint density at radius 3 is 2.58 bits per heavy atom. The van der Waals surface area contributed by atoms with E-state index in [1.54, 1.807) is 16.8 Å². The van der Waals surface area contributed by atoms with Crippen LogP contribution >= 0.6 is 11.6 Å². The largest absolute Gasteiger partial charge is 0.337 e. The first-order chi connectivity index (χ1) is 11.5. The number of carbonyl (C=O) groups is 1. The standard InChI is InChI=1S/C17H20ClN5O/c1-10-5-11(2)23(21-10)15-4-3-14(18)16(20-15)17(24)22-8-12-6-19-7-13(12)9-22/h3-5,12-13,19H,6-9H2,1-2H3/t12-,13+. The highest BCUT2D eigenvalue weighted by molar-refractivity contribution is 6.33. The van der Waals surface area contributed by atoms with Crippen molar-refractivity contribution >= 4 is 17.5 Å². The minimum atomic E-state index is -0.0854. The van der Waals surface area contributed by atoms with Gasteiger partial charge in [-0.15, -0.1) is 0 Å². The molecule has 2 atom stereocenters. The number of aromatic nitrogens is 3. The first-order valence-corrected chi connectivity index (χ1v) is 8.61. The number of nitrogens with one attached hydrogen (secondary N) is 1. The summed E-state index contributed by atoms with van der Waals surface area (Å²) in [7, 11) is 0. The summed E-state index contributed by atoms with van der Waals surface area (Å²) in [5.74, 6) is 1.63. The van der Waals surface area contributed by atoms with Crippen LogP contribution < -0.4 is 5.32 Å². The fourth-order valence-corrected chi connectivity index (χ4v) is 3.92. The number of fused-ring (bicyclic) bond motifs is 1. The van der Waals surface area contributed by atoms with Crippen molar-refractivity contribution in [1.82, 2.24) is 25.0 Å². The van der Waals surface area contributed by atoms with Gasteiger partial charge in [0.25, 0.3) is 5.91 Å². The zero-order valence-electron chi connectivity index (χ0n) is 13.8. The lowest BCUT2D eigenvalue weighted by Gasteiger charge is -2.18. The molecule has 2 aliphatic rings. The normalized spacial score (nSPS) is 22.9. The molecular weight excluding hydrogens is 326 g/mol. The van der Waals surface area contributed by atoms with Gasteiger partial charge in [-0.3, -0.25) is 4.79 Å². The summed E-state index contributed by atoms with van der Waals surface area (Å²) in [5.41, 5.74) is 2.20. The average Bonchev–Trinajstić information content (AvgIpc) is 3.21. The number of aryl methyl sites for hydroxylation is 2. The van der Waals surface area contributed by atoms with E-state index in [-0.39, 0.29) is 5.91 Å². The van der Waals surface area contributed by atoms with Crippen molar-refractivity contribution in [2.24, 2.45) is 11.8 Å². The number of amides is 1. The highest BCUT2D eigenvalue weighted by Gasteiger charge is 2.39. The van der Waals surface area contributed by atoms with Crippen LogP contribution in [0.1, 0.15) is 21.9 Å². The van der Waals surface area contributed by atoms with E-state index in [1.807, 2.05) is 24.8 Å². The number of hydrogen-bond acceptors (Lipinski definition) is 4. The molecule has 0 bridgehead atoms. The minimum Gasteiger partial charge on any atom is -0.337 e. The fraction of sp³-hybridized carbons (Fsp3) is 0.471. The Bertz CT molecular complexity index is 790. The molecule has 0 spiro atoms. The average molecular weight is 346 g/mol. The van der Waals surface area contributed by atoms with Gasteiger partial charge in [0.05, 0.1) is 10.7 Å². The Labute approximate surface area is 145 Å². The molecule has 0 unspecified atom stereocenters. The SMILES string of the molecule is Cc1cc(C)n(-c2ccc(Cl)c(C(=O)N3C[C@H]4CNC[C@H]4C3)n2)n1. The molecule has 0 saturated carbocycles. The molecule has 0 aliphatic carbocycles. The van der Waals surface area contributed by atoms with Gasteiger partial charge in [0.2, 0.25) is 0 Å². The van der Waals surface area contributed by atoms with Crippen LogP contribution in [0.4, 0.5) is 0 Å². The molecule has 1 amide bonds. The van der Waals surface area contributed by atoms with E-state index in [2.05, 4.69) is 15.4 Å². The van der Waals surface area contributed by atoms with Gasteiger partial charge in [0.15, 0.2) is 5.82 Å². The van der Waals surface area contributed by atoms with Gasteiger partial charge in [-0.2, -0.15) is 5.10 Å². The molecule has 2 fully saturated rings. The second kappa shape index (κ2) is 5.86. The molecule has 7 heteroatoms. The molecular formula is C17H20ClN5O. The number of hydrogen-bond donors (Lipinski definition) is 1. The lowest BCUT2D eigenvalue weighted by atomic mass is 10.0. The van der Waals surface area contributed by atoms with Crippen LogP contribution in [0.15, 0.2) is 18.2 Å². The second-order valence-electron chi connectivity index (χ2n) is 6.73. The van der Waals surface area contributed by atoms with Gasteiger partial charge >= 0.3 is 0 Å². The third kappa shape index (κ3) is 2.59. The lowest BCUT2D eigenvalue weighted by Crippen LogP contribution is -2.32. The summed E-state index contributed by atoms with van der Waals surface area (Å²) in [5, 5.41) is 8.20. The molecule has 2 saturated heterocycles. The van der Waals surface area contributed by atoms with Crippen LogP contribution in [-0.4, -0.2) is 51.8 Å². The Morgan fingerprint density at radius 1 is 1.25 bits per heavy atom. The Hall–Kier alpha value is -1.92. The minimum absolute atomic E-state index is 0.0854. The fourth-order valence-electron chi connectivity index (χ4n) is 3.73. The highest BCUT2D eigenvalue weighted by Crippen LogP contribution is 2.28. The smallest absolute Gasteiger partial charge is 0.274 e. The molecule has 1 N–H and O–H groups in total. The predicted molar refractivity (Wildman–Crippen MR) is 91.6 cm³/mol. The number of halogens is 1. The Balaban J connectivity index is 1.64. The van der Waals surface area contributed by atoms with Crippen molar-refractivity contribution < 1.29 is 4.79 Å². The van der Waals surface area contributed by atoms with E-state index in [1.165, 1.54) is 0 Å². The first kappa shape index (κ1) is 15.6. The molecule has 2 aliphatic heterocycles. The quantitative estimate of drug-likeness (QED) is 0.902. The van der Waals surface area contributed by atoms with Crippen LogP contribution in [-0.2, 0) is 0 Å². The van der Waals surface area contributed by atoms with Crippen molar-refractivity contribution in [2.45, 2.75) is 13.8 Å². The maximum Gasteiger partial charge on any atom is 0.274 e. The summed E-state index contributed by atoms with van der Waals surface area (Å²) in [6.45, 7) is 7.43. The molecule has 2 aromatic rings. The number of likely N-dealkylation sites (tertiary alicyclic amines) is 1. The van der Waals surface area contributed by atoms with Gasteiger partial charge < -0.3 is 10.2 Å². The monoisotopic (exact) mass is 345 g/mol. The van der Waals surface area contributed by atoms with E-state index in [9.17, 15) is 4.79 Å². The van der Waals surface area contributed by atoms with E-state index in [0.29, 0.717) is 28.4 Å². The maximum absolute atomic E-state index is 12.9. The number of nitrogens with zero attached hydrogens (tertiary/aromatic N) is 4. The van der Waals surface area contributed by atoms with Crippen LogP contribution in [0.2, 0.25) is 5.02 Å². The van der Waals surface area contributed by atoms with E-state index >= 15 is 0 Å². The Kier molecular flexibility index (Phi) is 3.81. The summed E-state index contributed by atoms with van der Waals surface area (Å²) in [4.78, 5) is 19.3. The van der Waals surface area contributed by atoms with Gasteiger partial charge in [0.1, 0.15) is 5.69 Å². The first-order valence-electron chi connectivity index (χ1n) is 8.23. The topological polar surface area (TPSA) is 63.1 Å². The van der Waals surface area contributed by atoms with Crippen LogP contribution in [0.25, 0.3) is 5.82 Å². The van der Waals surface area contributed by atoms with Crippen molar-refractivity contribution in [2.75, 3.05) is 26.2 Å². The van der Waals surface area contributed by atoms with E-state index in [0.717, 1.165) is 37.6 Å². The summed E-state index contributed by atoms with van der Waals surface area (Å²) >= 11 is 6.27. The molecule has 2 aromatic heterocycles. The van der Waals surface area contributed by atoms with Crippen molar-refractivity contribution in [1.29, 1.82) is 0 Å². The second-order valence-corrected chi connectivity index (χ2v) is 7.13. The molecule has 6 nitrogen and oxygen atoms in total. The third-order valence-electron chi connectivity index (χ3n) is 4.94. The number of carbonyl (C=O) groups excluding carboxylic acids is 1. The summed E-state index contributed by atoms with van der Waals surface area (Å²) < 4.78 is 1.74.